The quantitative estimate of drug-likeness (QED) is 0.945. The van der Waals surface area contributed by atoms with Crippen molar-refractivity contribution in [2.24, 2.45) is 0 Å². The normalized spacial score (nSPS) is 15.6. The van der Waals surface area contributed by atoms with Crippen LogP contribution >= 0.6 is 0 Å². The van der Waals surface area contributed by atoms with Crippen molar-refractivity contribution in [3.63, 3.8) is 0 Å². The van der Waals surface area contributed by atoms with E-state index >= 15 is 0 Å². The summed E-state index contributed by atoms with van der Waals surface area (Å²) < 4.78 is 13.9. The molecule has 2 aromatic carbocycles. The average molecular weight is 313 g/mol. The minimum Gasteiger partial charge on any atom is -0.478 e. The summed E-state index contributed by atoms with van der Waals surface area (Å²) in [5.74, 6) is -1.62. The summed E-state index contributed by atoms with van der Waals surface area (Å²) in [7, 11) is 0. The lowest BCUT2D eigenvalue weighted by atomic mass is 9.86. The number of anilines is 1. The monoisotopic (exact) mass is 313 g/mol. The Labute approximate surface area is 133 Å². The van der Waals surface area contributed by atoms with Crippen LogP contribution in [-0.2, 0) is 16.8 Å². The molecule has 0 unspecified atom stereocenters. The molecule has 1 amide bonds. The van der Waals surface area contributed by atoms with Gasteiger partial charge in [-0.3, -0.25) is 4.79 Å². The zero-order valence-corrected chi connectivity index (χ0v) is 12.8. The third kappa shape index (κ3) is 2.38. The van der Waals surface area contributed by atoms with Gasteiger partial charge >= 0.3 is 5.97 Å². The lowest BCUT2D eigenvalue weighted by Gasteiger charge is -2.20. The van der Waals surface area contributed by atoms with Crippen molar-refractivity contribution in [2.75, 3.05) is 4.90 Å². The van der Waals surface area contributed by atoms with Crippen molar-refractivity contribution in [1.29, 1.82) is 0 Å². The topological polar surface area (TPSA) is 57.6 Å². The highest BCUT2D eigenvalue weighted by Gasteiger charge is 2.44. The van der Waals surface area contributed by atoms with Gasteiger partial charge in [0.2, 0.25) is 5.91 Å². The molecule has 0 aliphatic carbocycles. The summed E-state index contributed by atoms with van der Waals surface area (Å²) in [4.78, 5) is 25.4. The molecule has 5 heteroatoms. The number of fused-ring (bicyclic) bond motifs is 1. The van der Waals surface area contributed by atoms with Crippen LogP contribution in [0.3, 0.4) is 0 Å². The average Bonchev–Trinajstić information content (AvgIpc) is 2.70. The van der Waals surface area contributed by atoms with E-state index in [9.17, 15) is 14.0 Å². The molecule has 0 saturated carbocycles. The highest BCUT2D eigenvalue weighted by atomic mass is 19.1. The van der Waals surface area contributed by atoms with Crippen molar-refractivity contribution >= 4 is 17.6 Å². The van der Waals surface area contributed by atoms with Gasteiger partial charge in [0.15, 0.2) is 0 Å². The first kappa shape index (κ1) is 15.2. The van der Waals surface area contributed by atoms with Gasteiger partial charge in [-0.2, -0.15) is 0 Å². The van der Waals surface area contributed by atoms with Crippen LogP contribution in [0.2, 0.25) is 0 Å². The molecule has 2 aromatic rings. The van der Waals surface area contributed by atoms with Crippen molar-refractivity contribution in [3.8, 4) is 0 Å². The van der Waals surface area contributed by atoms with E-state index in [4.69, 9.17) is 5.11 Å². The molecule has 1 aliphatic rings. The van der Waals surface area contributed by atoms with E-state index in [0.29, 0.717) is 11.3 Å². The first-order valence-corrected chi connectivity index (χ1v) is 7.25. The Morgan fingerprint density at radius 2 is 1.91 bits per heavy atom. The summed E-state index contributed by atoms with van der Waals surface area (Å²) in [6.45, 7) is 3.65. The molecule has 0 spiro atoms. The number of aromatic carboxylic acids is 1. The lowest BCUT2D eigenvalue weighted by molar-refractivity contribution is -0.122. The van der Waals surface area contributed by atoms with Crippen molar-refractivity contribution in [1.82, 2.24) is 0 Å². The fourth-order valence-corrected chi connectivity index (χ4v) is 2.93. The largest absolute Gasteiger partial charge is 0.478 e. The first-order valence-electron chi connectivity index (χ1n) is 7.25. The molecule has 3 rings (SSSR count). The summed E-state index contributed by atoms with van der Waals surface area (Å²) in [5.41, 5.74) is 1.02. The molecule has 0 radical (unpaired) electrons. The van der Waals surface area contributed by atoms with Gasteiger partial charge in [-0.25, -0.2) is 9.18 Å². The summed E-state index contributed by atoms with van der Waals surface area (Å²) in [6, 6.07) is 10.9. The lowest BCUT2D eigenvalue weighted by Crippen LogP contribution is -2.35. The number of halogens is 1. The molecular formula is C18H16FNO3. The summed E-state index contributed by atoms with van der Waals surface area (Å²) in [5, 5.41) is 9.17. The highest BCUT2D eigenvalue weighted by Crippen LogP contribution is 2.42. The first-order chi connectivity index (χ1) is 10.8. The Balaban J connectivity index is 2.09. The maximum Gasteiger partial charge on any atom is 0.335 e. The van der Waals surface area contributed by atoms with Crippen molar-refractivity contribution in [2.45, 2.75) is 25.8 Å². The molecule has 0 bridgehead atoms. The van der Waals surface area contributed by atoms with E-state index in [-0.39, 0.29) is 23.8 Å². The summed E-state index contributed by atoms with van der Waals surface area (Å²) >= 11 is 0. The zero-order valence-electron chi connectivity index (χ0n) is 12.8. The number of carbonyl (C=O) groups excluding carboxylic acids is 1. The Kier molecular flexibility index (Phi) is 3.43. The molecule has 0 fully saturated rings. The molecule has 1 aliphatic heterocycles. The van der Waals surface area contributed by atoms with Crippen LogP contribution in [0.25, 0.3) is 0 Å². The number of hydrogen-bond donors (Lipinski definition) is 1. The van der Waals surface area contributed by atoms with Gasteiger partial charge in [0.05, 0.1) is 17.5 Å². The minimum absolute atomic E-state index is 0.0744. The maximum absolute atomic E-state index is 13.9. The molecule has 0 saturated heterocycles. The van der Waals surface area contributed by atoms with E-state index in [1.807, 2.05) is 0 Å². The van der Waals surface area contributed by atoms with E-state index in [1.54, 1.807) is 38.1 Å². The van der Waals surface area contributed by atoms with Crippen LogP contribution in [0, 0.1) is 5.82 Å². The van der Waals surface area contributed by atoms with Gasteiger partial charge in [-0.05, 0) is 37.6 Å². The molecular weight excluding hydrogens is 297 g/mol. The third-order valence-electron chi connectivity index (χ3n) is 4.27. The van der Waals surface area contributed by atoms with Crippen LogP contribution in [0.15, 0.2) is 42.5 Å². The second kappa shape index (κ2) is 5.19. The van der Waals surface area contributed by atoms with E-state index in [2.05, 4.69) is 0 Å². The number of benzene rings is 2. The summed E-state index contributed by atoms with van der Waals surface area (Å²) in [6.07, 6.45) is 0. The van der Waals surface area contributed by atoms with E-state index in [0.717, 1.165) is 5.56 Å². The SMILES string of the molecule is CC1(C)C(=O)N(Cc2ccccc2F)c2cc(C(=O)O)ccc21. The van der Waals surface area contributed by atoms with Crippen molar-refractivity contribution in [3.05, 3.63) is 65.0 Å². The molecule has 1 heterocycles. The van der Waals surface area contributed by atoms with Crippen LogP contribution in [0.5, 0.6) is 0 Å². The van der Waals surface area contributed by atoms with Gasteiger partial charge in [-0.15, -0.1) is 0 Å². The smallest absolute Gasteiger partial charge is 0.335 e. The second-order valence-electron chi connectivity index (χ2n) is 6.14. The number of hydrogen-bond acceptors (Lipinski definition) is 2. The number of carboxylic acid groups (broad SMARTS) is 1. The van der Waals surface area contributed by atoms with Crippen molar-refractivity contribution < 1.29 is 19.1 Å². The number of nitrogens with zero attached hydrogens (tertiary/aromatic N) is 1. The number of rotatable bonds is 3. The Hall–Kier alpha value is -2.69. The highest BCUT2D eigenvalue weighted by molar-refractivity contribution is 6.08. The van der Waals surface area contributed by atoms with Gasteiger partial charge in [0.25, 0.3) is 0 Å². The third-order valence-corrected chi connectivity index (χ3v) is 4.27. The molecule has 23 heavy (non-hydrogen) atoms. The molecule has 1 N–H and O–H groups in total. The number of amides is 1. The van der Waals surface area contributed by atoms with Crippen LogP contribution in [0.1, 0.15) is 35.3 Å². The van der Waals surface area contributed by atoms with E-state index in [1.165, 1.54) is 23.1 Å². The van der Waals surface area contributed by atoms with Gasteiger partial charge < -0.3 is 10.0 Å². The predicted octanol–water partition coefficient (Wildman–Crippen LogP) is 3.35. The molecule has 0 atom stereocenters. The van der Waals surface area contributed by atoms with Gasteiger partial charge in [0, 0.05) is 11.3 Å². The Bertz CT molecular complexity index is 814. The fourth-order valence-electron chi connectivity index (χ4n) is 2.93. The van der Waals surface area contributed by atoms with Gasteiger partial charge in [0.1, 0.15) is 5.82 Å². The zero-order chi connectivity index (χ0) is 16.8. The Morgan fingerprint density at radius 3 is 2.57 bits per heavy atom. The molecule has 0 aromatic heterocycles. The fraction of sp³-hybridized carbons (Fsp3) is 0.222. The maximum atomic E-state index is 13.9. The van der Waals surface area contributed by atoms with Gasteiger partial charge in [-0.1, -0.05) is 24.3 Å². The van der Waals surface area contributed by atoms with Crippen LogP contribution < -0.4 is 4.90 Å². The number of carbonyl (C=O) groups is 2. The standard InChI is InChI=1S/C18H16FNO3/c1-18(2)13-8-7-11(16(21)22)9-15(13)20(17(18)23)10-12-5-3-4-6-14(12)19/h3-9H,10H2,1-2H3,(H,21,22). The van der Waals surface area contributed by atoms with Crippen LogP contribution in [-0.4, -0.2) is 17.0 Å². The molecule has 4 nitrogen and oxygen atoms in total. The predicted molar refractivity (Wildman–Crippen MR) is 84.0 cm³/mol. The second-order valence-corrected chi connectivity index (χ2v) is 6.14. The molecule has 118 valence electrons. The Morgan fingerprint density at radius 1 is 1.22 bits per heavy atom. The minimum atomic E-state index is -1.06. The van der Waals surface area contributed by atoms with E-state index < -0.39 is 11.4 Å². The van der Waals surface area contributed by atoms with Crippen LogP contribution in [0.4, 0.5) is 10.1 Å². The number of carboxylic acids is 1.